The molecule has 0 bridgehead atoms. The molecule has 1 fully saturated rings. The predicted molar refractivity (Wildman–Crippen MR) is 43.7 cm³/mol. The predicted octanol–water partition coefficient (Wildman–Crippen LogP) is 0.696. The molecule has 1 aliphatic carbocycles. The molecule has 1 aliphatic rings. The fraction of sp³-hybridized carbons (Fsp3) is 1.00. The Labute approximate surface area is 68.4 Å². The van der Waals surface area contributed by atoms with E-state index in [2.05, 4.69) is 22.6 Å². The van der Waals surface area contributed by atoms with Crippen molar-refractivity contribution < 1.29 is 10.2 Å². The van der Waals surface area contributed by atoms with Gasteiger partial charge in [-0.05, 0) is 19.3 Å². The van der Waals surface area contributed by atoms with Crippen LogP contribution in [0, 0.1) is 0 Å². The summed E-state index contributed by atoms with van der Waals surface area (Å²) >= 11 is 2.31. The molecule has 0 heterocycles. The highest BCUT2D eigenvalue weighted by molar-refractivity contribution is 14.1. The third-order valence-corrected chi connectivity index (χ3v) is 2.85. The van der Waals surface area contributed by atoms with Gasteiger partial charge in [0.05, 0.1) is 12.2 Å². The van der Waals surface area contributed by atoms with Crippen LogP contribution in [0.1, 0.15) is 19.3 Å². The Balaban J connectivity index is 2.35. The number of aliphatic hydroxyl groups is 2. The zero-order valence-corrected chi connectivity index (χ0v) is 7.28. The van der Waals surface area contributed by atoms with E-state index in [1.807, 2.05) is 0 Å². The average Bonchev–Trinajstić information content (AvgIpc) is 1.80. The lowest BCUT2D eigenvalue weighted by Crippen LogP contribution is -2.33. The van der Waals surface area contributed by atoms with Crippen molar-refractivity contribution in [1.82, 2.24) is 0 Å². The SMILES string of the molecule is OC1CCC(I)CC1O. The lowest BCUT2D eigenvalue weighted by atomic mass is 9.95. The Hall–Kier alpha value is 0.650. The van der Waals surface area contributed by atoms with Crippen LogP contribution in [0.3, 0.4) is 0 Å². The quantitative estimate of drug-likeness (QED) is 0.484. The van der Waals surface area contributed by atoms with Gasteiger partial charge in [0.2, 0.25) is 0 Å². The maximum absolute atomic E-state index is 9.09. The molecule has 3 unspecified atom stereocenters. The van der Waals surface area contributed by atoms with Gasteiger partial charge in [-0.2, -0.15) is 0 Å². The van der Waals surface area contributed by atoms with Crippen LogP contribution < -0.4 is 0 Å². The maximum Gasteiger partial charge on any atom is 0.0809 e. The summed E-state index contributed by atoms with van der Waals surface area (Å²) in [5.41, 5.74) is 0. The standard InChI is InChI=1S/C6H11IO2/c7-4-1-2-5(8)6(9)3-4/h4-6,8-9H,1-3H2. The molecule has 0 aromatic carbocycles. The molecule has 0 aliphatic heterocycles. The van der Waals surface area contributed by atoms with E-state index in [0.29, 0.717) is 3.92 Å². The van der Waals surface area contributed by atoms with E-state index >= 15 is 0 Å². The number of rotatable bonds is 0. The second kappa shape index (κ2) is 3.16. The van der Waals surface area contributed by atoms with Crippen molar-refractivity contribution in [2.45, 2.75) is 35.4 Å². The van der Waals surface area contributed by atoms with Gasteiger partial charge in [0.15, 0.2) is 0 Å². The molecule has 0 spiro atoms. The topological polar surface area (TPSA) is 40.5 Å². The molecule has 2 N–H and O–H groups in total. The van der Waals surface area contributed by atoms with Crippen LogP contribution in [-0.2, 0) is 0 Å². The van der Waals surface area contributed by atoms with E-state index in [4.69, 9.17) is 10.2 Å². The van der Waals surface area contributed by atoms with Crippen LogP contribution in [0.5, 0.6) is 0 Å². The van der Waals surface area contributed by atoms with Gasteiger partial charge < -0.3 is 10.2 Å². The lowest BCUT2D eigenvalue weighted by Gasteiger charge is -2.26. The van der Waals surface area contributed by atoms with Crippen LogP contribution >= 0.6 is 22.6 Å². The van der Waals surface area contributed by atoms with E-state index in [9.17, 15) is 0 Å². The Kier molecular flexibility index (Phi) is 2.73. The molecule has 3 atom stereocenters. The number of alkyl halides is 1. The van der Waals surface area contributed by atoms with E-state index in [1.54, 1.807) is 0 Å². The minimum atomic E-state index is -0.472. The van der Waals surface area contributed by atoms with E-state index < -0.39 is 12.2 Å². The van der Waals surface area contributed by atoms with Crippen molar-refractivity contribution in [3.63, 3.8) is 0 Å². The molecule has 0 aromatic heterocycles. The molecule has 0 aromatic rings. The van der Waals surface area contributed by atoms with Crippen molar-refractivity contribution in [3.8, 4) is 0 Å². The largest absolute Gasteiger partial charge is 0.390 e. The summed E-state index contributed by atoms with van der Waals surface area (Å²) in [5.74, 6) is 0. The normalized spacial score (nSPS) is 45.0. The van der Waals surface area contributed by atoms with E-state index in [0.717, 1.165) is 19.3 Å². The minimum absolute atomic E-state index is 0.462. The van der Waals surface area contributed by atoms with Crippen molar-refractivity contribution in [1.29, 1.82) is 0 Å². The van der Waals surface area contributed by atoms with Gasteiger partial charge in [-0.1, -0.05) is 22.6 Å². The fourth-order valence-electron chi connectivity index (χ4n) is 1.08. The highest BCUT2D eigenvalue weighted by atomic mass is 127. The van der Waals surface area contributed by atoms with Gasteiger partial charge in [-0.3, -0.25) is 0 Å². The summed E-state index contributed by atoms with van der Waals surface area (Å²) in [7, 11) is 0. The van der Waals surface area contributed by atoms with Gasteiger partial charge in [-0.25, -0.2) is 0 Å². The molecular weight excluding hydrogens is 231 g/mol. The molecule has 54 valence electrons. The van der Waals surface area contributed by atoms with E-state index in [-0.39, 0.29) is 0 Å². The second-order valence-corrected chi connectivity index (χ2v) is 4.31. The fourth-order valence-corrected chi connectivity index (χ4v) is 1.96. The summed E-state index contributed by atoms with van der Waals surface area (Å²) in [6.07, 6.45) is 1.62. The van der Waals surface area contributed by atoms with Crippen LogP contribution in [-0.4, -0.2) is 26.3 Å². The van der Waals surface area contributed by atoms with E-state index in [1.165, 1.54) is 0 Å². The first-order valence-corrected chi connectivity index (χ1v) is 4.45. The van der Waals surface area contributed by atoms with Crippen molar-refractivity contribution >= 4 is 22.6 Å². The molecule has 3 heteroatoms. The van der Waals surface area contributed by atoms with Gasteiger partial charge in [0, 0.05) is 3.92 Å². The third-order valence-electron chi connectivity index (χ3n) is 1.72. The monoisotopic (exact) mass is 242 g/mol. The molecule has 2 nitrogen and oxygen atoms in total. The second-order valence-electron chi connectivity index (χ2n) is 2.55. The summed E-state index contributed by atoms with van der Waals surface area (Å²) < 4.78 is 0.556. The van der Waals surface area contributed by atoms with Crippen molar-refractivity contribution in [2.24, 2.45) is 0 Å². The summed E-state index contributed by atoms with van der Waals surface area (Å²) in [6.45, 7) is 0. The average molecular weight is 242 g/mol. The Bertz CT molecular complexity index is 97.1. The summed E-state index contributed by atoms with van der Waals surface area (Å²) in [4.78, 5) is 0. The van der Waals surface area contributed by atoms with Crippen LogP contribution in [0.2, 0.25) is 0 Å². The molecule has 9 heavy (non-hydrogen) atoms. The number of hydrogen-bond donors (Lipinski definition) is 2. The summed E-state index contributed by atoms with van der Waals surface area (Å²) in [6, 6.07) is 0. The molecule has 0 saturated heterocycles. The molecule has 0 radical (unpaired) electrons. The van der Waals surface area contributed by atoms with Gasteiger partial charge in [0.25, 0.3) is 0 Å². The smallest absolute Gasteiger partial charge is 0.0809 e. The van der Waals surface area contributed by atoms with Crippen molar-refractivity contribution in [3.05, 3.63) is 0 Å². The molecular formula is C6H11IO2. The zero-order valence-electron chi connectivity index (χ0n) is 5.13. The molecule has 1 saturated carbocycles. The first kappa shape index (κ1) is 7.75. The Morgan fingerprint density at radius 3 is 2.22 bits per heavy atom. The number of halogens is 1. The molecule has 0 amide bonds. The highest BCUT2D eigenvalue weighted by Gasteiger charge is 2.25. The lowest BCUT2D eigenvalue weighted by molar-refractivity contribution is -0.00545. The first-order chi connectivity index (χ1) is 4.20. The van der Waals surface area contributed by atoms with Gasteiger partial charge in [-0.15, -0.1) is 0 Å². The minimum Gasteiger partial charge on any atom is -0.390 e. The van der Waals surface area contributed by atoms with Crippen LogP contribution in [0.25, 0.3) is 0 Å². The van der Waals surface area contributed by atoms with Crippen molar-refractivity contribution in [2.75, 3.05) is 0 Å². The molecule has 1 rings (SSSR count). The van der Waals surface area contributed by atoms with Crippen LogP contribution in [0.4, 0.5) is 0 Å². The first-order valence-electron chi connectivity index (χ1n) is 3.20. The maximum atomic E-state index is 9.09. The van der Waals surface area contributed by atoms with Gasteiger partial charge in [0.1, 0.15) is 0 Å². The Morgan fingerprint density at radius 2 is 1.78 bits per heavy atom. The number of hydrogen-bond acceptors (Lipinski definition) is 2. The highest BCUT2D eigenvalue weighted by Crippen LogP contribution is 2.24. The summed E-state index contributed by atoms with van der Waals surface area (Å²) in [5, 5.41) is 18.1. The zero-order chi connectivity index (χ0) is 6.85. The van der Waals surface area contributed by atoms with Gasteiger partial charge >= 0.3 is 0 Å². The Morgan fingerprint density at radius 1 is 1.11 bits per heavy atom. The third kappa shape index (κ3) is 2.05. The van der Waals surface area contributed by atoms with Crippen LogP contribution in [0.15, 0.2) is 0 Å². The number of aliphatic hydroxyl groups excluding tert-OH is 2.